The van der Waals surface area contributed by atoms with Crippen molar-refractivity contribution in [1.82, 2.24) is 9.88 Å². The first kappa shape index (κ1) is 23.4. The molecule has 176 valence electrons. The molecule has 34 heavy (non-hydrogen) atoms. The number of fused-ring (bicyclic) bond motifs is 1. The van der Waals surface area contributed by atoms with Gasteiger partial charge in [0.25, 0.3) is 0 Å². The van der Waals surface area contributed by atoms with Crippen LogP contribution in [0.1, 0.15) is 48.9 Å². The molecule has 0 saturated heterocycles. The summed E-state index contributed by atoms with van der Waals surface area (Å²) in [7, 11) is 3.29. The largest absolute Gasteiger partial charge is 0.497 e. The number of nitrogens with one attached hydrogen (secondary N) is 1. The number of amides is 1. The Morgan fingerprint density at radius 2 is 1.56 bits per heavy atom. The predicted molar refractivity (Wildman–Crippen MR) is 137 cm³/mol. The van der Waals surface area contributed by atoms with Crippen LogP contribution in [0.5, 0.6) is 11.5 Å². The molecule has 1 N–H and O–H groups in total. The van der Waals surface area contributed by atoms with E-state index in [1.165, 1.54) is 0 Å². The fourth-order valence-corrected chi connectivity index (χ4v) is 4.56. The molecule has 3 aromatic carbocycles. The van der Waals surface area contributed by atoms with Crippen molar-refractivity contribution in [2.24, 2.45) is 0 Å². The number of carbonyl (C=O) groups is 1. The van der Waals surface area contributed by atoms with E-state index in [2.05, 4.69) is 41.2 Å². The van der Waals surface area contributed by atoms with Gasteiger partial charge in [-0.25, -0.2) is 0 Å². The first-order valence-corrected chi connectivity index (χ1v) is 11.7. The van der Waals surface area contributed by atoms with Gasteiger partial charge in [-0.3, -0.25) is 4.79 Å². The molecule has 0 aliphatic carbocycles. The molecule has 0 aliphatic heterocycles. The molecule has 1 aromatic heterocycles. The number of ether oxygens (including phenoxy) is 2. The van der Waals surface area contributed by atoms with Gasteiger partial charge >= 0.3 is 0 Å². The minimum Gasteiger partial charge on any atom is -0.497 e. The van der Waals surface area contributed by atoms with Crippen LogP contribution < -0.4 is 14.8 Å². The molecule has 2 atom stereocenters. The molecule has 0 fully saturated rings. The van der Waals surface area contributed by atoms with Gasteiger partial charge in [0.2, 0.25) is 5.91 Å². The number of para-hydroxylation sites is 1. The fraction of sp³-hybridized carbons (Fsp3) is 0.276. The van der Waals surface area contributed by atoms with Crippen molar-refractivity contribution in [3.63, 3.8) is 0 Å². The van der Waals surface area contributed by atoms with Crippen molar-refractivity contribution < 1.29 is 14.3 Å². The smallest absolute Gasteiger partial charge is 0.221 e. The third-order valence-electron chi connectivity index (χ3n) is 6.38. The Balaban J connectivity index is 1.75. The van der Waals surface area contributed by atoms with E-state index in [4.69, 9.17) is 9.47 Å². The van der Waals surface area contributed by atoms with Gasteiger partial charge in [-0.2, -0.15) is 0 Å². The Labute approximate surface area is 201 Å². The second-order valence-corrected chi connectivity index (χ2v) is 8.49. The van der Waals surface area contributed by atoms with E-state index in [0.29, 0.717) is 17.9 Å². The van der Waals surface area contributed by atoms with Gasteiger partial charge in [0.1, 0.15) is 11.5 Å². The Morgan fingerprint density at radius 3 is 2.21 bits per heavy atom. The average Bonchev–Trinajstić information content (AvgIpc) is 3.26. The molecule has 0 saturated carbocycles. The molecule has 0 spiro atoms. The first-order chi connectivity index (χ1) is 16.5. The maximum Gasteiger partial charge on any atom is 0.221 e. The number of hydrogen-bond acceptors (Lipinski definition) is 3. The summed E-state index contributed by atoms with van der Waals surface area (Å²) in [6.45, 7) is 5.00. The minimum absolute atomic E-state index is 0.00327. The molecule has 0 unspecified atom stereocenters. The topological polar surface area (TPSA) is 52.5 Å². The lowest BCUT2D eigenvalue weighted by molar-refractivity contribution is -0.121. The van der Waals surface area contributed by atoms with E-state index in [-0.39, 0.29) is 17.9 Å². The van der Waals surface area contributed by atoms with Crippen LogP contribution in [0.25, 0.3) is 10.9 Å². The summed E-state index contributed by atoms with van der Waals surface area (Å²) in [4.78, 5) is 13.3. The van der Waals surface area contributed by atoms with E-state index >= 15 is 0 Å². The molecule has 4 rings (SSSR count). The quantitative estimate of drug-likeness (QED) is 0.332. The van der Waals surface area contributed by atoms with Crippen molar-refractivity contribution in [1.29, 1.82) is 0 Å². The number of aryl methyl sites for hydroxylation is 1. The number of nitrogens with zero attached hydrogens (tertiary/aromatic N) is 1. The third-order valence-corrected chi connectivity index (χ3v) is 6.38. The van der Waals surface area contributed by atoms with Crippen molar-refractivity contribution in [3.8, 4) is 11.5 Å². The first-order valence-electron chi connectivity index (χ1n) is 11.7. The van der Waals surface area contributed by atoms with Crippen molar-refractivity contribution in [2.45, 2.75) is 38.8 Å². The van der Waals surface area contributed by atoms with Gasteiger partial charge in [0.15, 0.2) is 0 Å². The predicted octanol–water partition coefficient (Wildman–Crippen LogP) is 6.08. The molecular formula is C29H32N2O3. The van der Waals surface area contributed by atoms with Crippen LogP contribution in [0.3, 0.4) is 0 Å². The molecule has 5 heteroatoms. The van der Waals surface area contributed by atoms with Gasteiger partial charge < -0.3 is 19.4 Å². The lowest BCUT2D eigenvalue weighted by Gasteiger charge is -2.21. The summed E-state index contributed by atoms with van der Waals surface area (Å²) in [5.74, 6) is 1.24. The van der Waals surface area contributed by atoms with Crippen molar-refractivity contribution in [3.05, 3.63) is 95.7 Å². The SMILES string of the molecule is CCn1cc([C@H](CC(=O)N[C@@H](C)c2ccccc2)c2cc(OC)cc(OC)c2)c2ccccc21. The van der Waals surface area contributed by atoms with Crippen molar-refractivity contribution >= 4 is 16.8 Å². The summed E-state index contributed by atoms with van der Waals surface area (Å²) in [6, 6.07) is 24.2. The zero-order valence-electron chi connectivity index (χ0n) is 20.2. The number of rotatable bonds is 9. The zero-order valence-corrected chi connectivity index (χ0v) is 20.2. The Bertz CT molecular complexity index is 1240. The summed E-state index contributed by atoms with van der Waals surface area (Å²) in [5, 5.41) is 4.34. The van der Waals surface area contributed by atoms with Gasteiger partial charge in [0.05, 0.1) is 20.3 Å². The number of aromatic nitrogens is 1. The van der Waals surface area contributed by atoms with Crippen LogP contribution in [0.2, 0.25) is 0 Å². The van der Waals surface area contributed by atoms with Gasteiger partial charge in [0, 0.05) is 42.0 Å². The van der Waals surface area contributed by atoms with Crippen LogP contribution in [0.4, 0.5) is 0 Å². The van der Waals surface area contributed by atoms with Gasteiger partial charge in [-0.1, -0.05) is 48.5 Å². The highest BCUT2D eigenvalue weighted by atomic mass is 16.5. The molecule has 0 bridgehead atoms. The molecule has 4 aromatic rings. The second kappa shape index (κ2) is 10.5. The van der Waals surface area contributed by atoms with Crippen LogP contribution >= 0.6 is 0 Å². The normalized spacial score (nSPS) is 12.8. The zero-order chi connectivity index (χ0) is 24.1. The minimum atomic E-state index is -0.162. The summed E-state index contributed by atoms with van der Waals surface area (Å²) < 4.78 is 13.3. The summed E-state index contributed by atoms with van der Waals surface area (Å²) in [5.41, 5.74) is 4.35. The molecule has 0 radical (unpaired) electrons. The second-order valence-electron chi connectivity index (χ2n) is 8.49. The Kier molecular flexibility index (Phi) is 7.21. The van der Waals surface area contributed by atoms with Gasteiger partial charge in [-0.05, 0) is 48.7 Å². The van der Waals surface area contributed by atoms with Crippen LogP contribution in [-0.2, 0) is 11.3 Å². The highest BCUT2D eigenvalue weighted by Gasteiger charge is 2.24. The maximum absolute atomic E-state index is 13.3. The fourth-order valence-electron chi connectivity index (χ4n) is 4.56. The van der Waals surface area contributed by atoms with Gasteiger partial charge in [-0.15, -0.1) is 0 Å². The Morgan fingerprint density at radius 1 is 0.912 bits per heavy atom. The van der Waals surface area contributed by atoms with E-state index in [0.717, 1.165) is 34.1 Å². The standard InChI is InChI=1S/C29H32N2O3/c1-5-31-19-27(25-13-9-10-14-28(25)31)26(22-15-23(33-3)17-24(16-22)34-4)18-29(32)30-20(2)21-11-7-6-8-12-21/h6-17,19-20,26H,5,18H2,1-4H3,(H,30,32)/t20-,26+/m0/s1. The molecule has 5 nitrogen and oxygen atoms in total. The monoisotopic (exact) mass is 456 g/mol. The Hall–Kier alpha value is -3.73. The number of methoxy groups -OCH3 is 2. The van der Waals surface area contributed by atoms with Crippen LogP contribution in [-0.4, -0.2) is 24.7 Å². The van der Waals surface area contributed by atoms with Crippen molar-refractivity contribution in [2.75, 3.05) is 14.2 Å². The average molecular weight is 457 g/mol. The van der Waals surface area contributed by atoms with E-state index < -0.39 is 0 Å². The lowest BCUT2D eigenvalue weighted by atomic mass is 9.87. The molecule has 0 aliphatic rings. The highest BCUT2D eigenvalue weighted by molar-refractivity contribution is 5.87. The summed E-state index contributed by atoms with van der Waals surface area (Å²) >= 11 is 0. The van der Waals surface area contributed by atoms with E-state index in [1.807, 2.05) is 61.5 Å². The lowest BCUT2D eigenvalue weighted by Crippen LogP contribution is -2.28. The number of hydrogen-bond donors (Lipinski definition) is 1. The highest BCUT2D eigenvalue weighted by Crippen LogP contribution is 2.38. The van der Waals surface area contributed by atoms with Crippen LogP contribution in [0, 0.1) is 0 Å². The molecular weight excluding hydrogens is 424 g/mol. The van der Waals surface area contributed by atoms with E-state index in [9.17, 15) is 4.79 Å². The third kappa shape index (κ3) is 4.93. The molecule has 1 amide bonds. The number of carbonyl (C=O) groups excluding carboxylic acids is 1. The maximum atomic E-state index is 13.3. The number of benzene rings is 3. The summed E-state index contributed by atoms with van der Waals surface area (Å²) in [6.07, 6.45) is 2.49. The van der Waals surface area contributed by atoms with E-state index in [1.54, 1.807) is 14.2 Å². The molecule has 1 heterocycles. The van der Waals surface area contributed by atoms with Crippen LogP contribution in [0.15, 0.2) is 79.0 Å².